The molecule has 0 amide bonds. The van der Waals surface area contributed by atoms with Gasteiger partial charge in [0.05, 0.1) is 6.54 Å². The van der Waals surface area contributed by atoms with Gasteiger partial charge in [-0.1, -0.05) is 29.7 Å². The largest absolute Gasteiger partial charge is 0.288 e. The number of benzene rings is 1. The smallest absolute Gasteiger partial charge is 0.0601 e. The van der Waals surface area contributed by atoms with Crippen molar-refractivity contribution >= 4 is 0 Å². The Kier molecular flexibility index (Phi) is 2.56. The molecule has 0 saturated carbocycles. The van der Waals surface area contributed by atoms with E-state index in [-0.39, 0.29) is 0 Å². The van der Waals surface area contributed by atoms with Gasteiger partial charge in [0.1, 0.15) is 0 Å². The van der Waals surface area contributed by atoms with Crippen molar-refractivity contribution in [3.63, 3.8) is 0 Å². The van der Waals surface area contributed by atoms with Crippen LogP contribution in [0.4, 0.5) is 0 Å². The van der Waals surface area contributed by atoms with Crippen molar-refractivity contribution in [2.24, 2.45) is 0 Å². The zero-order valence-corrected chi connectivity index (χ0v) is 8.59. The van der Waals surface area contributed by atoms with Crippen molar-refractivity contribution in [1.82, 2.24) is 4.90 Å². The zero-order chi connectivity index (χ0) is 9.97. The average molecular weight is 185 g/mol. The maximum Gasteiger partial charge on any atom is 0.0601 e. The molecule has 1 heterocycles. The molecule has 2 rings (SSSR count). The maximum atomic E-state index is 5.32. The molecule has 0 aromatic heterocycles. The Hall–Kier alpha value is -1.26. The molecule has 1 aromatic carbocycles. The van der Waals surface area contributed by atoms with Gasteiger partial charge in [0.2, 0.25) is 0 Å². The summed E-state index contributed by atoms with van der Waals surface area (Å²) < 4.78 is 0. The molecule has 0 N–H and O–H groups in total. The fraction of sp³-hybridized carbons (Fsp3) is 0.385. The van der Waals surface area contributed by atoms with E-state index in [0.29, 0.717) is 0 Å². The second-order valence-corrected chi connectivity index (χ2v) is 3.94. The summed E-state index contributed by atoms with van der Waals surface area (Å²) in [6.07, 6.45) is 6.45. The number of fused-ring (bicyclic) bond motifs is 1. The maximum absolute atomic E-state index is 5.32. The predicted molar refractivity (Wildman–Crippen MR) is 59.0 cm³/mol. The first kappa shape index (κ1) is 9.30. The van der Waals surface area contributed by atoms with E-state index in [1.165, 1.54) is 16.7 Å². The molecule has 14 heavy (non-hydrogen) atoms. The highest BCUT2D eigenvalue weighted by Gasteiger charge is 2.14. The topological polar surface area (TPSA) is 3.24 Å². The summed E-state index contributed by atoms with van der Waals surface area (Å²) in [6.45, 7) is 5.02. The van der Waals surface area contributed by atoms with Crippen LogP contribution >= 0.6 is 0 Å². The third-order valence-corrected chi connectivity index (χ3v) is 2.77. The van der Waals surface area contributed by atoms with E-state index in [4.69, 9.17) is 6.42 Å². The fourth-order valence-corrected chi connectivity index (χ4v) is 2.01. The number of aryl methyl sites for hydroxylation is 1. The van der Waals surface area contributed by atoms with E-state index in [1.807, 2.05) is 0 Å². The van der Waals surface area contributed by atoms with Crippen LogP contribution in [0.25, 0.3) is 0 Å². The first-order valence-electron chi connectivity index (χ1n) is 5.04. The summed E-state index contributed by atoms with van der Waals surface area (Å²) in [5.74, 6) is 2.71. The zero-order valence-electron chi connectivity index (χ0n) is 8.59. The van der Waals surface area contributed by atoms with Crippen molar-refractivity contribution in [1.29, 1.82) is 0 Å². The molecule has 0 bridgehead atoms. The van der Waals surface area contributed by atoms with Crippen molar-refractivity contribution in [3.8, 4) is 12.3 Å². The molecule has 0 unspecified atom stereocenters. The molecule has 1 nitrogen and oxygen atoms in total. The molecular weight excluding hydrogens is 170 g/mol. The number of rotatable bonds is 1. The van der Waals surface area contributed by atoms with E-state index < -0.39 is 0 Å². The number of terminal acetylenes is 1. The van der Waals surface area contributed by atoms with Crippen LogP contribution in [-0.4, -0.2) is 18.0 Å². The Morgan fingerprint density at radius 3 is 3.07 bits per heavy atom. The molecule has 0 atom stereocenters. The Labute approximate surface area is 85.7 Å². The molecule has 0 aliphatic carbocycles. The molecular formula is C13H15N. The van der Waals surface area contributed by atoms with Crippen LogP contribution in [0.1, 0.15) is 16.7 Å². The van der Waals surface area contributed by atoms with Gasteiger partial charge in [-0.15, -0.1) is 6.42 Å². The lowest BCUT2D eigenvalue weighted by Crippen LogP contribution is -2.30. The standard InChI is InChI=1S/C13H15N/c1-3-7-14-8-6-12-5-4-11(2)9-13(12)10-14/h1,4-5,9H,6-8,10H2,2H3. The van der Waals surface area contributed by atoms with Crippen LogP contribution in [0.3, 0.4) is 0 Å². The SMILES string of the molecule is C#CCN1CCc2ccc(C)cc2C1. The van der Waals surface area contributed by atoms with Crippen molar-refractivity contribution in [2.45, 2.75) is 19.9 Å². The van der Waals surface area contributed by atoms with Gasteiger partial charge in [-0.25, -0.2) is 0 Å². The minimum atomic E-state index is 0.771. The van der Waals surface area contributed by atoms with Crippen molar-refractivity contribution < 1.29 is 0 Å². The quantitative estimate of drug-likeness (QED) is 0.605. The summed E-state index contributed by atoms with van der Waals surface area (Å²) in [4.78, 5) is 2.32. The Morgan fingerprint density at radius 1 is 1.43 bits per heavy atom. The van der Waals surface area contributed by atoms with Crippen molar-refractivity contribution in [3.05, 3.63) is 34.9 Å². The van der Waals surface area contributed by atoms with E-state index >= 15 is 0 Å². The summed E-state index contributed by atoms with van der Waals surface area (Å²) in [5, 5.41) is 0. The van der Waals surface area contributed by atoms with Gasteiger partial charge in [0.25, 0.3) is 0 Å². The lowest BCUT2D eigenvalue weighted by molar-refractivity contribution is 0.286. The lowest BCUT2D eigenvalue weighted by Gasteiger charge is -2.27. The van der Waals surface area contributed by atoms with Crippen LogP contribution in [-0.2, 0) is 13.0 Å². The third kappa shape index (κ3) is 1.81. The molecule has 0 spiro atoms. The molecule has 0 fully saturated rings. The number of nitrogens with zero attached hydrogens (tertiary/aromatic N) is 1. The molecule has 0 saturated heterocycles. The highest BCUT2D eigenvalue weighted by Crippen LogP contribution is 2.19. The van der Waals surface area contributed by atoms with Gasteiger partial charge >= 0.3 is 0 Å². The van der Waals surface area contributed by atoms with Gasteiger partial charge < -0.3 is 0 Å². The van der Waals surface area contributed by atoms with E-state index in [1.54, 1.807) is 0 Å². The Bertz CT molecular complexity index is 373. The first-order chi connectivity index (χ1) is 6.79. The molecule has 1 aromatic rings. The van der Waals surface area contributed by atoms with Crippen LogP contribution < -0.4 is 0 Å². The normalized spacial score (nSPS) is 16.0. The summed E-state index contributed by atoms with van der Waals surface area (Å²) in [7, 11) is 0. The second-order valence-electron chi connectivity index (χ2n) is 3.94. The summed E-state index contributed by atoms with van der Waals surface area (Å²) in [6, 6.07) is 6.71. The summed E-state index contributed by atoms with van der Waals surface area (Å²) >= 11 is 0. The van der Waals surface area contributed by atoms with Gasteiger partial charge in [-0.3, -0.25) is 4.90 Å². The van der Waals surface area contributed by atoms with Gasteiger partial charge in [0, 0.05) is 13.1 Å². The van der Waals surface area contributed by atoms with Crippen LogP contribution in [0.5, 0.6) is 0 Å². The summed E-state index contributed by atoms with van der Waals surface area (Å²) in [5.41, 5.74) is 4.28. The third-order valence-electron chi connectivity index (χ3n) is 2.77. The lowest BCUT2D eigenvalue weighted by atomic mass is 9.98. The highest BCUT2D eigenvalue weighted by atomic mass is 15.1. The van der Waals surface area contributed by atoms with Gasteiger partial charge in [0.15, 0.2) is 0 Å². The van der Waals surface area contributed by atoms with E-state index in [2.05, 4.69) is 35.9 Å². The van der Waals surface area contributed by atoms with Crippen LogP contribution in [0.2, 0.25) is 0 Å². The van der Waals surface area contributed by atoms with Crippen molar-refractivity contribution in [2.75, 3.05) is 13.1 Å². The number of hydrogen-bond donors (Lipinski definition) is 0. The molecule has 1 aliphatic heterocycles. The second kappa shape index (κ2) is 3.86. The van der Waals surface area contributed by atoms with Crippen LogP contribution in [0, 0.1) is 19.3 Å². The molecule has 1 aliphatic rings. The molecule has 0 radical (unpaired) electrons. The van der Waals surface area contributed by atoms with Crippen LogP contribution in [0.15, 0.2) is 18.2 Å². The highest BCUT2D eigenvalue weighted by molar-refractivity contribution is 5.33. The fourth-order valence-electron chi connectivity index (χ4n) is 2.01. The minimum absolute atomic E-state index is 0.771. The Balaban J connectivity index is 2.21. The van der Waals surface area contributed by atoms with E-state index in [9.17, 15) is 0 Å². The molecule has 72 valence electrons. The molecule has 1 heteroatoms. The van der Waals surface area contributed by atoms with Gasteiger partial charge in [-0.2, -0.15) is 0 Å². The van der Waals surface area contributed by atoms with E-state index in [0.717, 1.165) is 26.1 Å². The number of hydrogen-bond acceptors (Lipinski definition) is 1. The monoisotopic (exact) mass is 185 g/mol. The van der Waals surface area contributed by atoms with Gasteiger partial charge in [-0.05, 0) is 24.5 Å². The first-order valence-corrected chi connectivity index (χ1v) is 5.04. The predicted octanol–water partition coefficient (Wildman–Crippen LogP) is 1.99. The minimum Gasteiger partial charge on any atom is -0.288 e. The average Bonchev–Trinajstić information content (AvgIpc) is 2.17. The Morgan fingerprint density at radius 2 is 2.29 bits per heavy atom.